The summed E-state index contributed by atoms with van der Waals surface area (Å²) >= 11 is 1.45. The summed E-state index contributed by atoms with van der Waals surface area (Å²) in [6.07, 6.45) is 1.05. The SMILES string of the molecule is CC(C)N(C)C(C)C.CSc1nc(C(OC=O)c2cccc(OC(F)F)c2)[nH]c1C. The average Bonchev–Trinajstić information content (AvgIpc) is 3.05. The molecule has 30 heavy (non-hydrogen) atoms. The van der Waals surface area contributed by atoms with Gasteiger partial charge in [-0.3, -0.25) is 4.79 Å². The van der Waals surface area contributed by atoms with Crippen molar-refractivity contribution in [1.29, 1.82) is 0 Å². The molecule has 1 heterocycles. The summed E-state index contributed by atoms with van der Waals surface area (Å²) < 4.78 is 34.0. The van der Waals surface area contributed by atoms with Crippen molar-refractivity contribution in [1.82, 2.24) is 14.9 Å². The van der Waals surface area contributed by atoms with Crippen molar-refractivity contribution in [3.8, 4) is 5.75 Å². The van der Waals surface area contributed by atoms with E-state index in [1.807, 2.05) is 13.2 Å². The number of hydrogen-bond acceptors (Lipinski definition) is 6. The molecule has 0 amide bonds. The number of H-pyrrole nitrogens is 1. The van der Waals surface area contributed by atoms with Crippen LogP contribution < -0.4 is 4.74 Å². The zero-order chi connectivity index (χ0) is 22.8. The Morgan fingerprint density at radius 3 is 2.27 bits per heavy atom. The highest BCUT2D eigenvalue weighted by Gasteiger charge is 2.21. The van der Waals surface area contributed by atoms with Crippen LogP contribution >= 0.6 is 11.8 Å². The Balaban J connectivity index is 0.000000479. The van der Waals surface area contributed by atoms with Gasteiger partial charge in [-0.1, -0.05) is 12.1 Å². The molecule has 0 radical (unpaired) electrons. The minimum absolute atomic E-state index is 0.0135. The molecule has 0 aliphatic heterocycles. The van der Waals surface area contributed by atoms with Crippen LogP contribution in [0.25, 0.3) is 0 Å². The summed E-state index contributed by atoms with van der Waals surface area (Å²) in [6.45, 7) is 8.05. The number of nitrogens with one attached hydrogen (secondary N) is 1. The molecular weight excluding hydrogens is 412 g/mol. The van der Waals surface area contributed by atoms with Crippen LogP contribution in [0.4, 0.5) is 8.78 Å². The summed E-state index contributed by atoms with van der Waals surface area (Å²) in [4.78, 5) is 20.5. The van der Waals surface area contributed by atoms with Crippen molar-refractivity contribution in [3.63, 3.8) is 0 Å². The van der Waals surface area contributed by atoms with Gasteiger partial charge in [0.05, 0.1) is 0 Å². The Hall–Kier alpha value is -2.13. The van der Waals surface area contributed by atoms with E-state index in [4.69, 9.17) is 4.74 Å². The van der Waals surface area contributed by atoms with E-state index in [1.54, 1.807) is 12.1 Å². The largest absolute Gasteiger partial charge is 0.451 e. The van der Waals surface area contributed by atoms with E-state index in [2.05, 4.69) is 54.3 Å². The highest BCUT2D eigenvalue weighted by molar-refractivity contribution is 7.98. The quantitative estimate of drug-likeness (QED) is 0.433. The first-order valence-electron chi connectivity index (χ1n) is 9.56. The fourth-order valence-electron chi connectivity index (χ4n) is 2.60. The number of aromatic amines is 1. The number of aryl methyl sites for hydroxylation is 1. The predicted octanol–water partition coefficient (Wildman–Crippen LogP) is 5.04. The molecule has 0 saturated heterocycles. The van der Waals surface area contributed by atoms with Crippen LogP contribution in [0.5, 0.6) is 5.75 Å². The molecule has 1 atom stereocenters. The number of alkyl halides is 2. The third kappa shape index (κ3) is 7.95. The number of ether oxygens (including phenoxy) is 2. The zero-order valence-corrected chi connectivity index (χ0v) is 19.3. The van der Waals surface area contributed by atoms with Crippen molar-refractivity contribution < 1.29 is 23.0 Å². The molecule has 168 valence electrons. The second kappa shape index (κ2) is 12.5. The maximum Gasteiger partial charge on any atom is 0.387 e. The van der Waals surface area contributed by atoms with Gasteiger partial charge in [-0.15, -0.1) is 11.8 Å². The number of carbonyl (C=O) groups excluding carboxylic acids is 1. The summed E-state index contributed by atoms with van der Waals surface area (Å²) in [5, 5.41) is 0.773. The van der Waals surface area contributed by atoms with Gasteiger partial charge in [-0.25, -0.2) is 4.98 Å². The maximum atomic E-state index is 12.3. The van der Waals surface area contributed by atoms with Crippen LogP contribution in [0.2, 0.25) is 0 Å². The number of rotatable bonds is 9. The smallest absolute Gasteiger partial charge is 0.387 e. The number of carbonyl (C=O) groups is 1. The molecule has 0 spiro atoms. The van der Waals surface area contributed by atoms with Gasteiger partial charge in [0.25, 0.3) is 6.47 Å². The number of nitrogens with zero attached hydrogens (tertiary/aromatic N) is 2. The van der Waals surface area contributed by atoms with Crippen molar-refractivity contribution in [2.75, 3.05) is 13.3 Å². The third-order valence-electron chi connectivity index (χ3n) is 4.51. The van der Waals surface area contributed by atoms with Crippen LogP contribution in [0.1, 0.15) is 50.9 Å². The normalized spacial score (nSPS) is 12.2. The van der Waals surface area contributed by atoms with E-state index >= 15 is 0 Å². The number of benzene rings is 1. The minimum atomic E-state index is -2.92. The molecule has 2 aromatic rings. The molecule has 1 aromatic heterocycles. The van der Waals surface area contributed by atoms with Crippen LogP contribution in [-0.4, -0.2) is 53.3 Å². The van der Waals surface area contributed by atoms with Gasteiger partial charge in [-0.05, 0) is 60.1 Å². The molecule has 0 saturated carbocycles. The fraction of sp³-hybridized carbons (Fsp3) is 0.524. The first-order valence-corrected chi connectivity index (χ1v) is 10.8. The van der Waals surface area contributed by atoms with Gasteiger partial charge >= 0.3 is 6.61 Å². The van der Waals surface area contributed by atoms with Gasteiger partial charge in [0, 0.05) is 23.3 Å². The van der Waals surface area contributed by atoms with E-state index in [0.29, 0.717) is 29.9 Å². The summed E-state index contributed by atoms with van der Waals surface area (Å²) in [7, 11) is 2.15. The molecule has 0 aliphatic carbocycles. The molecular formula is C21H31F2N3O3S. The number of halogens is 2. The Labute approximate surface area is 181 Å². The summed E-state index contributed by atoms with van der Waals surface area (Å²) in [6, 6.07) is 7.32. The van der Waals surface area contributed by atoms with Crippen molar-refractivity contribution >= 4 is 18.2 Å². The van der Waals surface area contributed by atoms with Gasteiger partial charge in [0.1, 0.15) is 10.8 Å². The van der Waals surface area contributed by atoms with Crippen molar-refractivity contribution in [3.05, 3.63) is 41.3 Å². The minimum Gasteiger partial charge on any atom is -0.451 e. The topological polar surface area (TPSA) is 67.5 Å². The first-order chi connectivity index (χ1) is 14.1. The van der Waals surface area contributed by atoms with Crippen molar-refractivity contribution in [2.24, 2.45) is 0 Å². The van der Waals surface area contributed by atoms with E-state index in [-0.39, 0.29) is 5.75 Å². The monoisotopic (exact) mass is 443 g/mol. The zero-order valence-electron chi connectivity index (χ0n) is 18.5. The van der Waals surface area contributed by atoms with Crippen molar-refractivity contribution in [2.45, 2.75) is 64.4 Å². The Morgan fingerprint density at radius 1 is 1.20 bits per heavy atom. The second-order valence-electron chi connectivity index (χ2n) is 7.17. The number of thioether (sulfide) groups is 1. The maximum absolute atomic E-state index is 12.3. The average molecular weight is 444 g/mol. The lowest BCUT2D eigenvalue weighted by Gasteiger charge is -2.24. The third-order valence-corrected chi connectivity index (χ3v) is 5.29. The second-order valence-corrected chi connectivity index (χ2v) is 7.97. The number of aromatic nitrogens is 2. The van der Waals surface area contributed by atoms with Gasteiger partial charge in [0.2, 0.25) is 0 Å². The lowest BCUT2D eigenvalue weighted by Crippen LogP contribution is -2.32. The lowest BCUT2D eigenvalue weighted by molar-refractivity contribution is -0.132. The highest BCUT2D eigenvalue weighted by atomic mass is 32.2. The fourth-order valence-corrected chi connectivity index (χ4v) is 3.14. The number of imidazole rings is 1. The van der Waals surface area contributed by atoms with E-state index in [1.165, 1.54) is 23.9 Å². The summed E-state index contributed by atoms with van der Waals surface area (Å²) in [5.41, 5.74) is 1.31. The van der Waals surface area contributed by atoms with Crippen LogP contribution in [0.15, 0.2) is 29.3 Å². The lowest BCUT2D eigenvalue weighted by atomic mass is 10.1. The Morgan fingerprint density at radius 2 is 1.83 bits per heavy atom. The van der Waals surface area contributed by atoms with E-state index < -0.39 is 12.7 Å². The molecule has 1 N–H and O–H groups in total. The predicted molar refractivity (Wildman–Crippen MR) is 115 cm³/mol. The molecule has 9 heteroatoms. The standard InChI is InChI=1S/C14H14F2N2O3S.C7H17N/c1-8-13(22-2)18-12(17-8)11(20-7-19)9-4-3-5-10(6-9)21-14(15)16;1-6(2)8(5)7(3)4/h3-7,11,14H,1-2H3,(H,17,18);6-7H,1-5H3. The molecule has 0 bridgehead atoms. The molecule has 0 fully saturated rings. The Kier molecular flexibility index (Phi) is 10.8. The first kappa shape index (κ1) is 25.9. The number of hydrogen-bond donors (Lipinski definition) is 1. The van der Waals surface area contributed by atoms with E-state index in [0.717, 1.165) is 10.7 Å². The Bertz CT molecular complexity index is 777. The van der Waals surface area contributed by atoms with Crippen LogP contribution in [0.3, 0.4) is 0 Å². The molecule has 6 nitrogen and oxygen atoms in total. The van der Waals surface area contributed by atoms with Crippen LogP contribution in [0, 0.1) is 6.92 Å². The molecule has 1 unspecified atom stereocenters. The van der Waals surface area contributed by atoms with Crippen LogP contribution in [-0.2, 0) is 9.53 Å². The van der Waals surface area contributed by atoms with Gasteiger partial charge in [-0.2, -0.15) is 8.78 Å². The van der Waals surface area contributed by atoms with E-state index in [9.17, 15) is 13.6 Å². The van der Waals surface area contributed by atoms with Gasteiger partial charge < -0.3 is 19.4 Å². The molecule has 2 rings (SSSR count). The summed E-state index contributed by atoms with van der Waals surface area (Å²) in [5.74, 6) is 0.406. The molecule has 0 aliphatic rings. The highest BCUT2D eigenvalue weighted by Crippen LogP contribution is 2.29. The molecule has 1 aromatic carbocycles. The van der Waals surface area contributed by atoms with Gasteiger partial charge in [0.15, 0.2) is 11.9 Å².